The lowest BCUT2D eigenvalue weighted by Gasteiger charge is -2.27. The van der Waals surface area contributed by atoms with E-state index < -0.39 is 10.8 Å². The van der Waals surface area contributed by atoms with Crippen molar-refractivity contribution in [2.24, 2.45) is 11.7 Å². The van der Waals surface area contributed by atoms with E-state index in [0.717, 1.165) is 11.3 Å². The second-order valence-corrected chi connectivity index (χ2v) is 7.85. The molecule has 1 aromatic rings. The van der Waals surface area contributed by atoms with Gasteiger partial charge in [-0.2, -0.15) is 0 Å². The second kappa shape index (κ2) is 6.40. The fraction of sp³-hybridized carbons (Fsp3) is 0.647. The Labute approximate surface area is 124 Å². The van der Waals surface area contributed by atoms with Crippen molar-refractivity contribution in [1.82, 2.24) is 0 Å². The fourth-order valence-electron chi connectivity index (χ4n) is 3.66. The Hall–Kier alpha value is -0.670. The molecule has 0 saturated heterocycles. The average Bonchev–Trinajstić information content (AvgIpc) is 2.95. The van der Waals surface area contributed by atoms with Crippen LogP contribution in [0.3, 0.4) is 0 Å². The molecule has 1 saturated carbocycles. The first kappa shape index (κ1) is 14.3. The third-order valence-corrected chi connectivity index (χ3v) is 6.40. The van der Waals surface area contributed by atoms with Gasteiger partial charge in [0.1, 0.15) is 0 Å². The molecule has 2 N–H and O–H groups in total. The molecule has 3 rings (SSSR count). The van der Waals surface area contributed by atoms with Gasteiger partial charge in [-0.15, -0.1) is 0 Å². The molecule has 0 heterocycles. The van der Waals surface area contributed by atoms with E-state index in [1.54, 1.807) is 0 Å². The Kier molecular flexibility index (Phi) is 4.57. The van der Waals surface area contributed by atoms with Crippen molar-refractivity contribution in [2.45, 2.75) is 62.3 Å². The monoisotopic (exact) mass is 291 g/mol. The molecule has 2 nitrogen and oxygen atoms in total. The molecule has 2 aliphatic carbocycles. The Balaban J connectivity index is 1.63. The van der Waals surface area contributed by atoms with Crippen molar-refractivity contribution >= 4 is 10.8 Å². The van der Waals surface area contributed by atoms with E-state index in [9.17, 15) is 4.21 Å². The maximum Gasteiger partial charge on any atom is 0.0545 e. The summed E-state index contributed by atoms with van der Waals surface area (Å²) < 4.78 is 12.5. The molecule has 0 spiro atoms. The van der Waals surface area contributed by atoms with E-state index in [1.165, 1.54) is 56.1 Å². The molecule has 0 bridgehead atoms. The number of hydrogen-bond donors (Lipinski definition) is 1. The smallest absolute Gasteiger partial charge is 0.0545 e. The molecule has 3 heteroatoms. The zero-order valence-corrected chi connectivity index (χ0v) is 13.0. The lowest BCUT2D eigenvalue weighted by atomic mass is 9.85. The van der Waals surface area contributed by atoms with Crippen molar-refractivity contribution in [3.8, 4) is 0 Å². The van der Waals surface area contributed by atoms with Gasteiger partial charge in [0.15, 0.2) is 0 Å². The van der Waals surface area contributed by atoms with Crippen LogP contribution >= 0.6 is 0 Å². The van der Waals surface area contributed by atoms with Crippen molar-refractivity contribution in [3.05, 3.63) is 29.3 Å². The summed E-state index contributed by atoms with van der Waals surface area (Å²) in [5.41, 5.74) is 9.16. The van der Waals surface area contributed by atoms with Crippen LogP contribution in [0.5, 0.6) is 0 Å². The summed E-state index contributed by atoms with van der Waals surface area (Å²) >= 11 is 0. The van der Waals surface area contributed by atoms with Crippen LogP contribution in [-0.2, 0) is 23.6 Å². The largest absolute Gasteiger partial charge is 0.327 e. The summed E-state index contributed by atoms with van der Waals surface area (Å²) in [4.78, 5) is 0.983. The quantitative estimate of drug-likeness (QED) is 0.926. The highest BCUT2D eigenvalue weighted by atomic mass is 32.2. The van der Waals surface area contributed by atoms with Crippen molar-refractivity contribution < 1.29 is 4.21 Å². The summed E-state index contributed by atoms with van der Waals surface area (Å²) in [6.07, 6.45) is 9.96. The lowest BCUT2D eigenvalue weighted by Crippen LogP contribution is -2.36. The molecule has 0 aromatic heterocycles. The highest BCUT2D eigenvalue weighted by molar-refractivity contribution is 7.85. The molecule has 0 aliphatic heterocycles. The summed E-state index contributed by atoms with van der Waals surface area (Å²) in [7, 11) is -0.933. The van der Waals surface area contributed by atoms with Crippen LogP contribution in [0.4, 0.5) is 0 Å². The van der Waals surface area contributed by atoms with Gasteiger partial charge in [0.05, 0.1) is 10.8 Å². The van der Waals surface area contributed by atoms with Gasteiger partial charge < -0.3 is 5.73 Å². The molecule has 2 atom stereocenters. The number of aryl methyl sites for hydroxylation is 2. The molecule has 110 valence electrons. The molecule has 2 unspecified atom stereocenters. The number of fused-ring (bicyclic) bond motifs is 1. The number of nitrogens with two attached hydrogens (primary N) is 1. The summed E-state index contributed by atoms with van der Waals surface area (Å²) in [5, 5.41) is 0. The SMILES string of the molecule is NC(CS(=O)c1ccc2c(c1)CCC2)C1CCCCC1. The van der Waals surface area contributed by atoms with Crippen molar-refractivity contribution in [2.75, 3.05) is 5.75 Å². The maximum atomic E-state index is 12.5. The highest BCUT2D eigenvalue weighted by Gasteiger charge is 2.23. The van der Waals surface area contributed by atoms with Crippen LogP contribution in [-0.4, -0.2) is 16.0 Å². The van der Waals surface area contributed by atoms with Gasteiger partial charge in [-0.1, -0.05) is 25.3 Å². The molecule has 1 aromatic carbocycles. The van der Waals surface area contributed by atoms with Crippen molar-refractivity contribution in [3.63, 3.8) is 0 Å². The molecule has 1 fully saturated rings. The van der Waals surface area contributed by atoms with Gasteiger partial charge in [-0.3, -0.25) is 4.21 Å². The zero-order chi connectivity index (χ0) is 13.9. The van der Waals surface area contributed by atoms with Crippen LogP contribution in [0.1, 0.15) is 49.7 Å². The summed E-state index contributed by atoms with van der Waals surface area (Å²) in [6.45, 7) is 0. The Morgan fingerprint density at radius 3 is 2.65 bits per heavy atom. The third kappa shape index (κ3) is 3.15. The van der Waals surface area contributed by atoms with E-state index in [2.05, 4.69) is 12.1 Å². The number of rotatable bonds is 4. The summed E-state index contributed by atoms with van der Waals surface area (Å²) in [5.74, 6) is 1.21. The van der Waals surface area contributed by atoms with Crippen LogP contribution in [0.25, 0.3) is 0 Å². The van der Waals surface area contributed by atoms with Gasteiger partial charge in [0.2, 0.25) is 0 Å². The van der Waals surface area contributed by atoms with E-state index in [0.29, 0.717) is 11.7 Å². The first-order valence-corrected chi connectivity index (χ1v) is 9.31. The minimum atomic E-state index is -0.933. The van der Waals surface area contributed by atoms with Crippen LogP contribution < -0.4 is 5.73 Å². The minimum Gasteiger partial charge on any atom is -0.327 e. The van der Waals surface area contributed by atoms with Crippen molar-refractivity contribution in [1.29, 1.82) is 0 Å². The van der Waals surface area contributed by atoms with Crippen LogP contribution in [0.15, 0.2) is 23.1 Å². The zero-order valence-electron chi connectivity index (χ0n) is 12.1. The van der Waals surface area contributed by atoms with E-state index in [1.807, 2.05) is 6.07 Å². The van der Waals surface area contributed by atoms with Gasteiger partial charge in [-0.05, 0) is 61.3 Å². The third-order valence-electron chi connectivity index (χ3n) is 4.93. The Morgan fingerprint density at radius 2 is 1.85 bits per heavy atom. The normalized spacial score (nSPS) is 22.4. The van der Waals surface area contributed by atoms with Gasteiger partial charge >= 0.3 is 0 Å². The summed E-state index contributed by atoms with van der Waals surface area (Å²) in [6, 6.07) is 6.48. The highest BCUT2D eigenvalue weighted by Crippen LogP contribution is 2.28. The van der Waals surface area contributed by atoms with Crippen LogP contribution in [0, 0.1) is 5.92 Å². The number of hydrogen-bond acceptors (Lipinski definition) is 2. The minimum absolute atomic E-state index is 0.101. The molecular formula is C17H25NOS. The first-order chi connectivity index (χ1) is 9.74. The Morgan fingerprint density at radius 1 is 1.10 bits per heavy atom. The standard InChI is InChI=1S/C17H25NOS/c18-17(14-5-2-1-3-6-14)12-20(19)16-10-9-13-7-4-8-15(13)11-16/h9-11,14,17H,1-8,12,18H2. The topological polar surface area (TPSA) is 43.1 Å². The first-order valence-electron chi connectivity index (χ1n) is 8.00. The van der Waals surface area contributed by atoms with Gasteiger partial charge in [-0.25, -0.2) is 0 Å². The molecule has 0 amide bonds. The number of benzene rings is 1. The molecule has 2 aliphatic rings. The molecular weight excluding hydrogens is 266 g/mol. The maximum absolute atomic E-state index is 12.5. The lowest BCUT2D eigenvalue weighted by molar-refractivity contribution is 0.318. The van der Waals surface area contributed by atoms with Gasteiger partial charge in [0, 0.05) is 16.7 Å². The van der Waals surface area contributed by atoms with Gasteiger partial charge in [0.25, 0.3) is 0 Å². The second-order valence-electron chi connectivity index (χ2n) is 6.36. The fourth-order valence-corrected chi connectivity index (χ4v) is 4.97. The van der Waals surface area contributed by atoms with E-state index in [-0.39, 0.29) is 6.04 Å². The van der Waals surface area contributed by atoms with E-state index >= 15 is 0 Å². The van der Waals surface area contributed by atoms with Crippen LogP contribution in [0.2, 0.25) is 0 Å². The average molecular weight is 291 g/mol. The predicted molar refractivity (Wildman–Crippen MR) is 84.3 cm³/mol. The predicted octanol–water partition coefficient (Wildman–Crippen LogP) is 3.19. The molecule has 0 radical (unpaired) electrons. The van der Waals surface area contributed by atoms with E-state index in [4.69, 9.17) is 5.73 Å². The molecule has 20 heavy (non-hydrogen) atoms. The Bertz CT molecular complexity index is 494.